The van der Waals surface area contributed by atoms with Gasteiger partial charge >= 0.3 is 0 Å². The van der Waals surface area contributed by atoms with Crippen LogP contribution in [0.2, 0.25) is 0 Å². The summed E-state index contributed by atoms with van der Waals surface area (Å²) in [7, 11) is -4.24. The molecule has 1 saturated heterocycles. The molecule has 0 aliphatic carbocycles. The summed E-state index contributed by atoms with van der Waals surface area (Å²) in [5.74, 6) is -0.254. The Morgan fingerprint density at radius 3 is 2.33 bits per heavy atom. The predicted octanol–water partition coefficient (Wildman–Crippen LogP) is 3.02. The number of piperidine rings is 1. The van der Waals surface area contributed by atoms with Crippen molar-refractivity contribution in [2.45, 2.75) is 24.2 Å². The molecule has 2 aromatic rings. The van der Waals surface area contributed by atoms with Crippen LogP contribution < -0.4 is 4.72 Å². The molecular weight excluding hydrogens is 370 g/mol. The number of nitrogens with one attached hydrogen (secondary N) is 1. The average molecular weight is 389 g/mol. The number of para-hydroxylation sites is 2. The smallest absolute Gasteiger partial charge is 0.289 e. The molecule has 1 aliphatic rings. The van der Waals surface area contributed by atoms with Gasteiger partial charge in [-0.15, -0.1) is 0 Å². The molecule has 0 aromatic heterocycles. The van der Waals surface area contributed by atoms with Crippen molar-refractivity contribution in [2.75, 3.05) is 17.8 Å². The standard InChI is InChI=1S/C18H19N3O5S/c22-18(20-12-6-1-7-13-20)14-8-2-3-9-15(14)19-27(25,26)17-11-5-4-10-16(17)21(23)24/h2-5,8-11,19H,1,6-7,12-13H2. The number of carbonyl (C=O) groups is 1. The molecule has 3 rings (SSSR count). The van der Waals surface area contributed by atoms with Crippen molar-refractivity contribution in [1.82, 2.24) is 4.90 Å². The highest BCUT2D eigenvalue weighted by atomic mass is 32.2. The van der Waals surface area contributed by atoms with Crippen LogP contribution in [0.5, 0.6) is 0 Å². The largest absolute Gasteiger partial charge is 0.339 e. The van der Waals surface area contributed by atoms with Gasteiger partial charge in [-0.3, -0.25) is 19.6 Å². The Morgan fingerprint density at radius 1 is 1.00 bits per heavy atom. The van der Waals surface area contributed by atoms with Gasteiger partial charge in [-0.2, -0.15) is 0 Å². The Balaban J connectivity index is 1.94. The number of nitrogens with zero attached hydrogens (tertiary/aromatic N) is 2. The maximum Gasteiger partial charge on any atom is 0.289 e. The minimum Gasteiger partial charge on any atom is -0.339 e. The van der Waals surface area contributed by atoms with E-state index in [9.17, 15) is 23.3 Å². The van der Waals surface area contributed by atoms with E-state index < -0.39 is 25.5 Å². The monoisotopic (exact) mass is 389 g/mol. The van der Waals surface area contributed by atoms with E-state index in [4.69, 9.17) is 0 Å². The summed E-state index contributed by atoms with van der Waals surface area (Å²) >= 11 is 0. The summed E-state index contributed by atoms with van der Waals surface area (Å²) in [6.07, 6.45) is 2.89. The number of hydrogen-bond donors (Lipinski definition) is 1. The molecule has 1 amide bonds. The Kier molecular flexibility index (Phi) is 5.41. The van der Waals surface area contributed by atoms with Gasteiger partial charge < -0.3 is 4.90 Å². The molecule has 0 unspecified atom stereocenters. The summed E-state index contributed by atoms with van der Waals surface area (Å²) in [5.41, 5.74) is -0.197. The quantitative estimate of drug-likeness (QED) is 0.624. The number of sulfonamides is 1. The van der Waals surface area contributed by atoms with Gasteiger partial charge in [0.2, 0.25) is 0 Å². The Hall–Kier alpha value is -2.94. The van der Waals surface area contributed by atoms with Crippen LogP contribution in [0, 0.1) is 10.1 Å². The van der Waals surface area contributed by atoms with E-state index in [0.717, 1.165) is 31.4 Å². The summed E-state index contributed by atoms with van der Waals surface area (Å²) in [4.78, 5) is 24.5. The van der Waals surface area contributed by atoms with Crippen molar-refractivity contribution in [2.24, 2.45) is 0 Å². The topological polar surface area (TPSA) is 110 Å². The van der Waals surface area contributed by atoms with Crippen LogP contribution in [0.25, 0.3) is 0 Å². The van der Waals surface area contributed by atoms with Crippen molar-refractivity contribution < 1.29 is 18.1 Å². The van der Waals surface area contributed by atoms with Gasteiger partial charge in [0, 0.05) is 19.2 Å². The number of rotatable bonds is 5. The van der Waals surface area contributed by atoms with Crippen molar-refractivity contribution >= 4 is 27.3 Å². The maximum atomic E-state index is 12.8. The highest BCUT2D eigenvalue weighted by molar-refractivity contribution is 7.92. The van der Waals surface area contributed by atoms with Crippen LogP contribution >= 0.6 is 0 Å². The number of likely N-dealkylation sites (tertiary alicyclic amines) is 1. The maximum absolute atomic E-state index is 12.8. The summed E-state index contributed by atoms with van der Waals surface area (Å²) in [6, 6.07) is 11.4. The highest BCUT2D eigenvalue weighted by Gasteiger charge is 2.27. The van der Waals surface area contributed by atoms with Gasteiger partial charge in [0.1, 0.15) is 0 Å². The molecule has 0 atom stereocenters. The first-order valence-electron chi connectivity index (χ1n) is 8.55. The first-order chi connectivity index (χ1) is 12.9. The number of nitro benzene ring substituents is 1. The molecule has 1 aliphatic heterocycles. The number of nitro groups is 1. The second kappa shape index (κ2) is 7.75. The van der Waals surface area contributed by atoms with E-state index in [0.29, 0.717) is 13.1 Å². The highest BCUT2D eigenvalue weighted by Crippen LogP contribution is 2.27. The van der Waals surface area contributed by atoms with E-state index in [1.165, 1.54) is 18.2 Å². The lowest BCUT2D eigenvalue weighted by molar-refractivity contribution is -0.387. The van der Waals surface area contributed by atoms with Crippen LogP contribution in [-0.2, 0) is 10.0 Å². The van der Waals surface area contributed by atoms with Crippen LogP contribution in [-0.4, -0.2) is 37.2 Å². The van der Waals surface area contributed by atoms with Gasteiger partial charge in [0.15, 0.2) is 4.90 Å². The zero-order chi connectivity index (χ0) is 19.4. The Labute approximate surface area is 157 Å². The second-order valence-corrected chi connectivity index (χ2v) is 7.88. The molecule has 9 heteroatoms. The third-order valence-electron chi connectivity index (χ3n) is 4.40. The normalized spacial score (nSPS) is 14.6. The third-order valence-corrected chi connectivity index (χ3v) is 5.81. The number of carbonyl (C=O) groups excluding carboxylic acids is 1. The van der Waals surface area contributed by atoms with Crippen molar-refractivity contribution in [3.63, 3.8) is 0 Å². The van der Waals surface area contributed by atoms with Crippen LogP contribution in [0.4, 0.5) is 11.4 Å². The number of hydrogen-bond acceptors (Lipinski definition) is 5. The minimum atomic E-state index is -4.24. The number of benzene rings is 2. The lowest BCUT2D eigenvalue weighted by atomic mass is 10.1. The molecular formula is C18H19N3O5S. The summed E-state index contributed by atoms with van der Waals surface area (Å²) < 4.78 is 27.8. The van der Waals surface area contributed by atoms with Crippen LogP contribution in [0.15, 0.2) is 53.4 Å². The summed E-state index contributed by atoms with van der Waals surface area (Å²) in [5, 5.41) is 11.2. The molecule has 27 heavy (non-hydrogen) atoms. The molecule has 0 radical (unpaired) electrons. The molecule has 0 spiro atoms. The van der Waals surface area contributed by atoms with Crippen molar-refractivity contribution in [1.29, 1.82) is 0 Å². The fraction of sp³-hybridized carbons (Fsp3) is 0.278. The van der Waals surface area contributed by atoms with Crippen LogP contribution in [0.3, 0.4) is 0 Å². The molecule has 0 bridgehead atoms. The molecule has 2 aromatic carbocycles. The van der Waals surface area contributed by atoms with Crippen molar-refractivity contribution in [3.8, 4) is 0 Å². The van der Waals surface area contributed by atoms with Gasteiger partial charge in [-0.1, -0.05) is 24.3 Å². The average Bonchev–Trinajstić information content (AvgIpc) is 2.68. The Bertz CT molecular complexity index is 968. The van der Waals surface area contributed by atoms with Gasteiger partial charge in [0.05, 0.1) is 16.2 Å². The zero-order valence-corrected chi connectivity index (χ0v) is 15.3. The van der Waals surface area contributed by atoms with E-state index in [1.54, 1.807) is 23.1 Å². The Morgan fingerprint density at radius 2 is 1.63 bits per heavy atom. The van der Waals surface area contributed by atoms with Gasteiger partial charge in [-0.25, -0.2) is 8.42 Å². The van der Waals surface area contributed by atoms with Gasteiger partial charge in [0.25, 0.3) is 21.6 Å². The van der Waals surface area contributed by atoms with E-state index in [2.05, 4.69) is 4.72 Å². The van der Waals surface area contributed by atoms with Crippen LogP contribution in [0.1, 0.15) is 29.6 Å². The van der Waals surface area contributed by atoms with E-state index in [-0.39, 0.29) is 17.2 Å². The van der Waals surface area contributed by atoms with E-state index >= 15 is 0 Å². The molecule has 0 saturated carbocycles. The third kappa shape index (κ3) is 4.08. The first kappa shape index (κ1) is 18.8. The zero-order valence-electron chi connectivity index (χ0n) is 14.5. The fourth-order valence-electron chi connectivity index (χ4n) is 3.06. The van der Waals surface area contributed by atoms with Crippen molar-refractivity contribution in [3.05, 3.63) is 64.2 Å². The first-order valence-corrected chi connectivity index (χ1v) is 10.0. The molecule has 142 valence electrons. The predicted molar refractivity (Wildman–Crippen MR) is 100 cm³/mol. The lowest BCUT2D eigenvalue weighted by Crippen LogP contribution is -2.36. The van der Waals surface area contributed by atoms with Gasteiger partial charge in [-0.05, 0) is 37.5 Å². The van der Waals surface area contributed by atoms with E-state index in [1.807, 2.05) is 0 Å². The SMILES string of the molecule is O=C(c1ccccc1NS(=O)(=O)c1ccccc1[N+](=O)[O-])N1CCCCC1. The fourth-order valence-corrected chi connectivity index (χ4v) is 4.31. The molecule has 8 nitrogen and oxygen atoms in total. The minimum absolute atomic E-state index is 0.103. The molecule has 1 N–H and O–H groups in total. The number of anilines is 1. The number of amides is 1. The molecule has 1 heterocycles. The molecule has 1 fully saturated rings. The second-order valence-electron chi connectivity index (χ2n) is 6.23. The lowest BCUT2D eigenvalue weighted by Gasteiger charge is -2.27. The summed E-state index contributed by atoms with van der Waals surface area (Å²) in [6.45, 7) is 1.26.